The molecule has 11 aromatic rings. The van der Waals surface area contributed by atoms with Crippen molar-refractivity contribution in [2.45, 2.75) is 12.3 Å². The van der Waals surface area contributed by atoms with Gasteiger partial charge < -0.3 is 4.42 Å². The highest BCUT2D eigenvalue weighted by atomic mass is 16.3. The molecule has 0 saturated carbocycles. The summed E-state index contributed by atoms with van der Waals surface area (Å²) >= 11 is 0. The van der Waals surface area contributed by atoms with Gasteiger partial charge in [0.1, 0.15) is 17.0 Å². The summed E-state index contributed by atoms with van der Waals surface area (Å²) in [6.07, 6.45) is 9.32. The lowest BCUT2D eigenvalue weighted by Gasteiger charge is -2.14. The van der Waals surface area contributed by atoms with Crippen molar-refractivity contribution in [2.24, 2.45) is 0 Å². The monoisotopic (exact) mass is 779 g/mol. The SMILES string of the molecule is C1=CCC(c2nc(-c3ccccc3)nc(-c3ccc4c(c3)oc3ccc(-c5ccc(-c6ccc(-c7ccc8c9ccccc9c9ccccc9c8c7)cc6)cc5)cc34)n2)C=C1. The summed E-state index contributed by atoms with van der Waals surface area (Å²) in [6.45, 7) is 0. The van der Waals surface area contributed by atoms with Crippen molar-refractivity contribution in [3.05, 3.63) is 212 Å². The first kappa shape index (κ1) is 35.0. The van der Waals surface area contributed by atoms with Crippen LogP contribution in [-0.4, -0.2) is 15.0 Å². The maximum atomic E-state index is 6.45. The summed E-state index contributed by atoms with van der Waals surface area (Å²) in [5.74, 6) is 2.18. The molecule has 0 amide bonds. The largest absolute Gasteiger partial charge is 0.456 e. The van der Waals surface area contributed by atoms with Gasteiger partial charge in [0.25, 0.3) is 0 Å². The van der Waals surface area contributed by atoms with Crippen molar-refractivity contribution in [3.8, 4) is 56.2 Å². The standard InChI is InChI=1S/C57H37N3O/c1-3-11-40(12-4-1)55-58-56(41-13-5-2-6-14-41)60-57(59-55)44-28-31-50-52-34-43(29-32-53(52)61-54(50)35-44)39-25-21-37(22-26-39)36-19-23-38(24-20-36)42-27-30-49-47-17-8-7-15-45(47)46-16-9-10-18-48(46)51(49)33-42/h1-13,15-35,41H,14H2. The molecule has 0 bridgehead atoms. The second-order valence-corrected chi connectivity index (χ2v) is 15.9. The quantitative estimate of drug-likeness (QED) is 0.158. The second kappa shape index (κ2) is 14.4. The molecule has 0 radical (unpaired) electrons. The number of furan rings is 1. The average molecular weight is 780 g/mol. The summed E-state index contributed by atoms with van der Waals surface area (Å²) in [5.41, 5.74) is 10.6. The van der Waals surface area contributed by atoms with Gasteiger partial charge in [0, 0.05) is 27.8 Å². The van der Waals surface area contributed by atoms with E-state index in [9.17, 15) is 0 Å². The highest BCUT2D eigenvalue weighted by Gasteiger charge is 2.19. The van der Waals surface area contributed by atoms with Crippen molar-refractivity contribution < 1.29 is 4.42 Å². The molecule has 9 aromatic carbocycles. The molecule has 12 rings (SSSR count). The van der Waals surface area contributed by atoms with Crippen LogP contribution in [0.25, 0.3) is 110 Å². The number of rotatable bonds is 6. The van der Waals surface area contributed by atoms with E-state index in [-0.39, 0.29) is 5.92 Å². The van der Waals surface area contributed by atoms with E-state index in [4.69, 9.17) is 19.4 Å². The lowest BCUT2D eigenvalue weighted by Crippen LogP contribution is -2.07. The fraction of sp³-hybridized carbons (Fsp3) is 0.0351. The van der Waals surface area contributed by atoms with Gasteiger partial charge in [-0.3, -0.25) is 0 Å². The Hall–Kier alpha value is -7.95. The molecule has 0 N–H and O–H groups in total. The topological polar surface area (TPSA) is 51.8 Å². The molecule has 0 fully saturated rings. The van der Waals surface area contributed by atoms with Crippen molar-refractivity contribution in [3.63, 3.8) is 0 Å². The van der Waals surface area contributed by atoms with E-state index in [0.717, 1.165) is 56.4 Å². The van der Waals surface area contributed by atoms with Gasteiger partial charge in [0.05, 0.1) is 0 Å². The fourth-order valence-corrected chi connectivity index (χ4v) is 9.07. The van der Waals surface area contributed by atoms with Gasteiger partial charge in [-0.15, -0.1) is 0 Å². The van der Waals surface area contributed by atoms with Crippen LogP contribution >= 0.6 is 0 Å². The molecule has 1 atom stereocenters. The third-order valence-corrected chi connectivity index (χ3v) is 12.2. The van der Waals surface area contributed by atoms with Crippen molar-refractivity contribution >= 4 is 54.3 Å². The van der Waals surface area contributed by atoms with E-state index in [1.54, 1.807) is 0 Å². The van der Waals surface area contributed by atoms with E-state index in [2.05, 4.69) is 176 Å². The first-order valence-corrected chi connectivity index (χ1v) is 20.9. The van der Waals surface area contributed by atoms with Crippen LogP contribution in [0.5, 0.6) is 0 Å². The van der Waals surface area contributed by atoms with Crippen LogP contribution < -0.4 is 0 Å². The zero-order chi connectivity index (χ0) is 40.3. The van der Waals surface area contributed by atoms with E-state index >= 15 is 0 Å². The third-order valence-electron chi connectivity index (χ3n) is 12.2. The number of fused-ring (bicyclic) bond motifs is 9. The summed E-state index contributed by atoms with van der Waals surface area (Å²) < 4.78 is 6.45. The van der Waals surface area contributed by atoms with Gasteiger partial charge in [0.2, 0.25) is 0 Å². The van der Waals surface area contributed by atoms with Crippen molar-refractivity contribution in [2.75, 3.05) is 0 Å². The number of benzene rings is 9. The molecule has 2 aromatic heterocycles. The number of hydrogen-bond acceptors (Lipinski definition) is 4. The molecule has 4 nitrogen and oxygen atoms in total. The predicted octanol–water partition coefficient (Wildman–Crippen LogP) is 15.2. The number of allylic oxidation sites excluding steroid dienone is 4. The zero-order valence-corrected chi connectivity index (χ0v) is 33.2. The first-order valence-electron chi connectivity index (χ1n) is 20.9. The van der Waals surface area contributed by atoms with Crippen LogP contribution in [0.1, 0.15) is 18.2 Å². The van der Waals surface area contributed by atoms with Crippen LogP contribution in [0.15, 0.2) is 211 Å². The molecule has 1 aliphatic carbocycles. The summed E-state index contributed by atoms with van der Waals surface area (Å²) in [5, 5.41) is 9.89. The molecule has 286 valence electrons. The van der Waals surface area contributed by atoms with E-state index in [0.29, 0.717) is 11.6 Å². The minimum Gasteiger partial charge on any atom is -0.456 e. The first-order chi connectivity index (χ1) is 30.2. The van der Waals surface area contributed by atoms with Gasteiger partial charge >= 0.3 is 0 Å². The lowest BCUT2D eigenvalue weighted by molar-refractivity contribution is 0.669. The third kappa shape index (κ3) is 6.20. The lowest BCUT2D eigenvalue weighted by atomic mass is 9.91. The number of hydrogen-bond donors (Lipinski definition) is 0. The van der Waals surface area contributed by atoms with Gasteiger partial charge in [0.15, 0.2) is 11.6 Å². The molecule has 61 heavy (non-hydrogen) atoms. The molecule has 0 aliphatic heterocycles. The fourth-order valence-electron chi connectivity index (χ4n) is 9.07. The summed E-state index contributed by atoms with van der Waals surface area (Å²) in [4.78, 5) is 14.9. The van der Waals surface area contributed by atoms with Gasteiger partial charge in [-0.05, 0) is 102 Å². The molecule has 1 unspecified atom stereocenters. The second-order valence-electron chi connectivity index (χ2n) is 15.9. The average Bonchev–Trinajstić information content (AvgIpc) is 3.72. The normalized spacial score (nSPS) is 13.9. The molecule has 2 heterocycles. The maximum absolute atomic E-state index is 6.45. The van der Waals surface area contributed by atoms with E-state index < -0.39 is 0 Å². The van der Waals surface area contributed by atoms with E-state index in [1.807, 2.05) is 30.3 Å². The Morgan fingerprint density at radius 1 is 0.344 bits per heavy atom. The molecular formula is C57H37N3O. The van der Waals surface area contributed by atoms with Crippen LogP contribution in [0.2, 0.25) is 0 Å². The molecular weight excluding hydrogens is 743 g/mol. The van der Waals surface area contributed by atoms with Crippen molar-refractivity contribution in [1.29, 1.82) is 0 Å². The van der Waals surface area contributed by atoms with E-state index in [1.165, 1.54) is 54.6 Å². The smallest absolute Gasteiger partial charge is 0.163 e. The highest BCUT2D eigenvalue weighted by molar-refractivity contribution is 6.25. The Labute approximate surface area is 352 Å². The minimum absolute atomic E-state index is 0.0989. The number of aromatic nitrogens is 3. The zero-order valence-electron chi connectivity index (χ0n) is 33.2. The Bertz CT molecular complexity index is 3510. The Morgan fingerprint density at radius 2 is 0.836 bits per heavy atom. The number of nitrogens with zero attached hydrogens (tertiary/aromatic N) is 3. The summed E-state index contributed by atoms with van der Waals surface area (Å²) in [7, 11) is 0. The van der Waals surface area contributed by atoms with Crippen LogP contribution in [0.3, 0.4) is 0 Å². The van der Waals surface area contributed by atoms with Crippen LogP contribution in [-0.2, 0) is 0 Å². The Kier molecular flexibility index (Phi) is 8.27. The molecule has 0 saturated heterocycles. The minimum atomic E-state index is 0.0989. The molecule has 1 aliphatic rings. The van der Waals surface area contributed by atoms with Crippen LogP contribution in [0.4, 0.5) is 0 Å². The predicted molar refractivity (Wildman–Crippen MR) is 252 cm³/mol. The van der Waals surface area contributed by atoms with Crippen LogP contribution in [0, 0.1) is 0 Å². The maximum Gasteiger partial charge on any atom is 0.163 e. The van der Waals surface area contributed by atoms with Gasteiger partial charge in [-0.25, -0.2) is 15.0 Å². The molecule has 4 heteroatoms. The van der Waals surface area contributed by atoms with Gasteiger partial charge in [-0.1, -0.05) is 176 Å². The molecule has 0 spiro atoms. The van der Waals surface area contributed by atoms with Gasteiger partial charge in [-0.2, -0.15) is 0 Å². The highest BCUT2D eigenvalue weighted by Crippen LogP contribution is 2.39. The Morgan fingerprint density at radius 3 is 1.46 bits per heavy atom. The van der Waals surface area contributed by atoms with Crippen molar-refractivity contribution in [1.82, 2.24) is 15.0 Å². The summed E-state index contributed by atoms with van der Waals surface area (Å²) in [6, 6.07) is 65.0. The Balaban J connectivity index is 0.827.